The molecule has 2 rings (SSSR count). The third-order valence-electron chi connectivity index (χ3n) is 3.91. The molecule has 6 nitrogen and oxygen atoms in total. The van der Waals surface area contributed by atoms with Crippen molar-refractivity contribution >= 4 is 21.6 Å². The summed E-state index contributed by atoms with van der Waals surface area (Å²) in [6.07, 6.45) is 1.51. The van der Waals surface area contributed by atoms with Gasteiger partial charge in [0.15, 0.2) is 0 Å². The van der Waals surface area contributed by atoms with Gasteiger partial charge >= 0.3 is 0 Å². The molecule has 0 aromatic heterocycles. The average molecular weight is 383 g/mol. The summed E-state index contributed by atoms with van der Waals surface area (Å²) in [6, 6.07) is 13.5. The van der Waals surface area contributed by atoms with Gasteiger partial charge in [-0.3, -0.25) is 4.79 Å². The quantitative estimate of drug-likeness (QED) is 0.744. The highest BCUT2D eigenvalue weighted by atomic mass is 32.2. The van der Waals surface area contributed by atoms with Crippen LogP contribution in [0.3, 0.4) is 0 Å². The fourth-order valence-electron chi connectivity index (χ4n) is 2.57. The van der Waals surface area contributed by atoms with E-state index in [1.165, 1.54) is 29.4 Å². The monoisotopic (exact) mass is 383 g/mol. The van der Waals surface area contributed by atoms with Gasteiger partial charge in [0, 0.05) is 25.7 Å². The van der Waals surface area contributed by atoms with E-state index < -0.39 is 10.0 Å². The highest BCUT2D eigenvalue weighted by Gasteiger charge is 2.24. The highest BCUT2D eigenvalue weighted by Crippen LogP contribution is 2.24. The molecule has 27 heavy (non-hydrogen) atoms. The molecule has 1 N–H and O–H groups in total. The van der Waals surface area contributed by atoms with Crippen molar-refractivity contribution in [2.24, 2.45) is 0 Å². The first-order valence-corrected chi connectivity index (χ1v) is 9.70. The van der Waals surface area contributed by atoms with Gasteiger partial charge in [-0.05, 0) is 42.3 Å². The van der Waals surface area contributed by atoms with Crippen LogP contribution in [0.1, 0.15) is 23.6 Å². The summed E-state index contributed by atoms with van der Waals surface area (Å²) in [5.74, 6) is -0.274. The van der Waals surface area contributed by atoms with E-state index in [1.54, 1.807) is 37.3 Å². The molecular weight excluding hydrogens is 362 g/mol. The van der Waals surface area contributed by atoms with Gasteiger partial charge in [-0.25, -0.2) is 8.42 Å². The number of nitrogens with one attached hydrogen (secondary N) is 1. The molecule has 0 fully saturated rings. The zero-order chi connectivity index (χ0) is 20.0. The largest absolute Gasteiger partial charge is 0.326 e. The van der Waals surface area contributed by atoms with Crippen LogP contribution in [0.15, 0.2) is 60.0 Å². The van der Waals surface area contributed by atoms with Crippen LogP contribution in [0.5, 0.6) is 0 Å². The lowest BCUT2D eigenvalue weighted by Crippen LogP contribution is -2.31. The topological polar surface area (TPSA) is 90.3 Å². The molecule has 0 saturated carbocycles. The Morgan fingerprint density at radius 1 is 1.30 bits per heavy atom. The number of nitriles is 1. The molecule has 0 aliphatic heterocycles. The number of carbonyl (C=O) groups excluding carboxylic acids is 1. The Morgan fingerprint density at radius 3 is 2.67 bits per heavy atom. The van der Waals surface area contributed by atoms with E-state index in [4.69, 9.17) is 5.26 Å². The Hall–Kier alpha value is -2.95. The molecule has 0 unspecified atom stereocenters. The van der Waals surface area contributed by atoms with E-state index in [0.29, 0.717) is 16.8 Å². The third-order valence-corrected chi connectivity index (χ3v) is 5.71. The standard InChI is InChI=1S/C20H21N3O3S/c1-4-10-23(14-18-7-5-6-17(11-18)13-21)27(25,26)19-9-8-15(2)20(12-19)22-16(3)24/h4-9,11-12H,1,10,14H2,2-3H3,(H,22,24). The van der Waals surface area contributed by atoms with Crippen LogP contribution in [-0.4, -0.2) is 25.2 Å². The van der Waals surface area contributed by atoms with Crippen molar-refractivity contribution in [1.82, 2.24) is 4.31 Å². The van der Waals surface area contributed by atoms with Gasteiger partial charge in [0.2, 0.25) is 15.9 Å². The fraction of sp³-hybridized carbons (Fsp3) is 0.200. The number of benzene rings is 2. The predicted octanol–water partition coefficient (Wildman–Crippen LogP) is 3.20. The third kappa shape index (κ3) is 5.03. The van der Waals surface area contributed by atoms with E-state index >= 15 is 0 Å². The van der Waals surface area contributed by atoms with Crippen LogP contribution in [0, 0.1) is 18.3 Å². The van der Waals surface area contributed by atoms with Crippen molar-refractivity contribution in [2.45, 2.75) is 25.3 Å². The molecule has 1 amide bonds. The highest BCUT2D eigenvalue weighted by molar-refractivity contribution is 7.89. The van der Waals surface area contributed by atoms with E-state index in [0.717, 1.165) is 5.56 Å². The lowest BCUT2D eigenvalue weighted by atomic mass is 10.1. The molecule has 0 atom stereocenters. The van der Waals surface area contributed by atoms with Crippen molar-refractivity contribution in [3.63, 3.8) is 0 Å². The van der Waals surface area contributed by atoms with Crippen LogP contribution >= 0.6 is 0 Å². The smallest absolute Gasteiger partial charge is 0.243 e. The number of anilines is 1. The van der Waals surface area contributed by atoms with E-state index in [2.05, 4.69) is 11.9 Å². The summed E-state index contributed by atoms with van der Waals surface area (Å²) in [5, 5.41) is 11.7. The summed E-state index contributed by atoms with van der Waals surface area (Å²) < 4.78 is 27.5. The summed E-state index contributed by atoms with van der Waals surface area (Å²) >= 11 is 0. The van der Waals surface area contributed by atoms with Gasteiger partial charge in [-0.15, -0.1) is 6.58 Å². The summed E-state index contributed by atoms with van der Waals surface area (Å²) in [5.41, 5.74) is 2.38. The lowest BCUT2D eigenvalue weighted by molar-refractivity contribution is -0.114. The minimum absolute atomic E-state index is 0.0788. The van der Waals surface area contributed by atoms with Gasteiger partial charge in [0.05, 0.1) is 16.5 Å². The van der Waals surface area contributed by atoms with E-state index in [1.807, 2.05) is 6.07 Å². The molecule has 0 spiro atoms. The molecule has 0 heterocycles. The van der Waals surface area contributed by atoms with Crippen molar-refractivity contribution in [3.05, 3.63) is 71.8 Å². The minimum Gasteiger partial charge on any atom is -0.326 e. The Kier molecular flexibility index (Phi) is 6.50. The zero-order valence-corrected chi connectivity index (χ0v) is 16.1. The predicted molar refractivity (Wildman–Crippen MR) is 104 cm³/mol. The Morgan fingerprint density at radius 2 is 2.04 bits per heavy atom. The molecule has 140 valence electrons. The van der Waals surface area contributed by atoms with Crippen LogP contribution in [0.2, 0.25) is 0 Å². The second-order valence-electron chi connectivity index (χ2n) is 6.06. The minimum atomic E-state index is -3.83. The number of nitrogens with zero attached hydrogens (tertiary/aromatic N) is 2. The number of sulfonamides is 1. The lowest BCUT2D eigenvalue weighted by Gasteiger charge is -2.22. The SMILES string of the molecule is C=CCN(Cc1cccc(C#N)c1)S(=O)(=O)c1ccc(C)c(NC(C)=O)c1. The molecular formula is C20H21N3O3S. The maximum Gasteiger partial charge on any atom is 0.243 e. The van der Waals surface area contributed by atoms with Crippen LogP contribution in [0.25, 0.3) is 0 Å². The van der Waals surface area contributed by atoms with Gasteiger partial charge < -0.3 is 5.32 Å². The van der Waals surface area contributed by atoms with Crippen molar-refractivity contribution in [2.75, 3.05) is 11.9 Å². The maximum absolute atomic E-state index is 13.1. The van der Waals surface area contributed by atoms with E-state index in [9.17, 15) is 13.2 Å². The molecule has 0 radical (unpaired) electrons. The molecule has 2 aromatic rings. The number of amides is 1. The van der Waals surface area contributed by atoms with Crippen LogP contribution < -0.4 is 5.32 Å². The van der Waals surface area contributed by atoms with E-state index in [-0.39, 0.29) is 23.9 Å². The average Bonchev–Trinajstić information content (AvgIpc) is 2.63. The molecule has 7 heteroatoms. The molecule has 0 aliphatic carbocycles. The van der Waals surface area contributed by atoms with Crippen LogP contribution in [0.4, 0.5) is 5.69 Å². The van der Waals surface area contributed by atoms with Crippen molar-refractivity contribution in [1.29, 1.82) is 5.26 Å². The summed E-state index contributed by atoms with van der Waals surface area (Å²) in [6.45, 7) is 7.01. The Balaban J connectivity index is 2.41. The Bertz CT molecular complexity index is 1010. The normalized spacial score (nSPS) is 11.0. The first-order valence-electron chi connectivity index (χ1n) is 8.26. The van der Waals surface area contributed by atoms with Crippen molar-refractivity contribution in [3.8, 4) is 6.07 Å². The summed E-state index contributed by atoms with van der Waals surface area (Å²) in [4.78, 5) is 11.4. The first kappa shape index (κ1) is 20.4. The van der Waals surface area contributed by atoms with Crippen LogP contribution in [-0.2, 0) is 21.4 Å². The van der Waals surface area contributed by atoms with Gasteiger partial charge in [-0.1, -0.05) is 24.3 Å². The number of hydrogen-bond donors (Lipinski definition) is 1. The number of aryl methyl sites for hydroxylation is 1. The maximum atomic E-state index is 13.1. The van der Waals surface area contributed by atoms with Gasteiger partial charge in [-0.2, -0.15) is 9.57 Å². The summed E-state index contributed by atoms with van der Waals surface area (Å²) in [7, 11) is -3.83. The number of rotatable bonds is 7. The molecule has 0 saturated heterocycles. The molecule has 0 aliphatic rings. The van der Waals surface area contributed by atoms with Gasteiger partial charge in [0.25, 0.3) is 0 Å². The second-order valence-corrected chi connectivity index (χ2v) is 7.99. The fourth-order valence-corrected chi connectivity index (χ4v) is 4.00. The molecule has 2 aromatic carbocycles. The number of carbonyl (C=O) groups is 1. The second kappa shape index (κ2) is 8.62. The van der Waals surface area contributed by atoms with Crippen molar-refractivity contribution < 1.29 is 13.2 Å². The Labute approximate surface area is 159 Å². The number of hydrogen-bond acceptors (Lipinski definition) is 4. The zero-order valence-electron chi connectivity index (χ0n) is 15.3. The van der Waals surface area contributed by atoms with Gasteiger partial charge in [0.1, 0.15) is 0 Å². The molecule has 0 bridgehead atoms. The first-order chi connectivity index (χ1) is 12.8.